The minimum atomic E-state index is 0.199. The van der Waals surface area contributed by atoms with Crippen LogP contribution in [0, 0.1) is 0 Å². The van der Waals surface area contributed by atoms with Crippen LogP contribution in [-0.4, -0.2) is 69.3 Å². The van der Waals surface area contributed by atoms with E-state index < -0.39 is 0 Å². The van der Waals surface area contributed by atoms with Crippen LogP contribution in [0.2, 0.25) is 0 Å². The van der Waals surface area contributed by atoms with Gasteiger partial charge in [0.15, 0.2) is 0 Å². The molecule has 0 aromatic heterocycles. The summed E-state index contributed by atoms with van der Waals surface area (Å²) in [4.78, 5) is 15.2. The van der Waals surface area contributed by atoms with Crippen molar-refractivity contribution in [2.45, 2.75) is 0 Å². The molecule has 5 nitrogen and oxygen atoms in total. The largest absolute Gasteiger partial charge is 0.383 e. The van der Waals surface area contributed by atoms with E-state index in [9.17, 15) is 4.79 Å². The topological polar surface area (TPSA) is 44.8 Å². The first-order chi connectivity index (χ1) is 6.74. The highest BCUT2D eigenvalue weighted by Gasteiger charge is 2.18. The van der Waals surface area contributed by atoms with E-state index in [0.717, 1.165) is 26.2 Å². The smallest absolute Gasteiger partial charge is 0.237 e. The molecule has 0 bridgehead atoms. The van der Waals surface area contributed by atoms with Gasteiger partial charge in [-0.05, 0) is 7.05 Å². The predicted octanol–water partition coefficient (Wildman–Crippen LogP) is -1.05. The lowest BCUT2D eigenvalue weighted by Crippen LogP contribution is -2.36. The van der Waals surface area contributed by atoms with Crippen LogP contribution in [0.15, 0.2) is 0 Å². The molecule has 1 aliphatic heterocycles. The quantitative estimate of drug-likeness (QED) is 0.596. The van der Waals surface area contributed by atoms with Crippen LogP contribution in [0.3, 0.4) is 0 Å². The summed E-state index contributed by atoms with van der Waals surface area (Å²) in [7, 11) is 3.73. The number of methoxy groups -OCH3 is 1. The summed E-state index contributed by atoms with van der Waals surface area (Å²) in [6.07, 6.45) is 0. The van der Waals surface area contributed by atoms with Crippen LogP contribution in [0.4, 0.5) is 0 Å². The van der Waals surface area contributed by atoms with Gasteiger partial charge in [0.1, 0.15) is 0 Å². The Morgan fingerprint density at radius 3 is 2.93 bits per heavy atom. The summed E-state index contributed by atoms with van der Waals surface area (Å²) < 4.78 is 4.97. The Kier molecular flexibility index (Phi) is 4.86. The number of likely N-dealkylation sites (N-methyl/N-ethyl adjacent to an activating group) is 1. The number of rotatable bonds is 6. The Labute approximate surface area is 85.0 Å². The molecule has 0 unspecified atom stereocenters. The Bertz CT molecular complexity index is 187. The maximum atomic E-state index is 11.2. The lowest BCUT2D eigenvalue weighted by molar-refractivity contribution is -0.126. The monoisotopic (exact) mass is 201 g/mol. The van der Waals surface area contributed by atoms with Gasteiger partial charge < -0.3 is 14.5 Å². The number of hydrogen-bond acceptors (Lipinski definition) is 4. The molecule has 82 valence electrons. The SMILES string of the molecule is COCCN(C)CCN1CNCC1=O. The van der Waals surface area contributed by atoms with Crippen LogP contribution in [0.25, 0.3) is 0 Å². The highest BCUT2D eigenvalue weighted by atomic mass is 16.5. The van der Waals surface area contributed by atoms with E-state index in [1.807, 2.05) is 11.9 Å². The zero-order chi connectivity index (χ0) is 10.4. The average Bonchev–Trinajstić information content (AvgIpc) is 2.58. The normalized spacial score (nSPS) is 17.1. The van der Waals surface area contributed by atoms with E-state index in [1.54, 1.807) is 7.11 Å². The highest BCUT2D eigenvalue weighted by Crippen LogP contribution is 1.95. The summed E-state index contributed by atoms with van der Waals surface area (Å²) in [5.74, 6) is 0.199. The first-order valence-electron chi connectivity index (χ1n) is 4.90. The van der Waals surface area contributed by atoms with Crippen molar-refractivity contribution in [1.29, 1.82) is 0 Å². The molecule has 1 aliphatic rings. The van der Waals surface area contributed by atoms with Crippen molar-refractivity contribution in [2.24, 2.45) is 0 Å². The Balaban J connectivity index is 2.10. The van der Waals surface area contributed by atoms with Crippen LogP contribution >= 0.6 is 0 Å². The third-order valence-electron chi connectivity index (χ3n) is 2.36. The van der Waals surface area contributed by atoms with Gasteiger partial charge in [-0.3, -0.25) is 10.1 Å². The molecular weight excluding hydrogens is 182 g/mol. The number of ether oxygens (including phenoxy) is 1. The van der Waals surface area contributed by atoms with Crippen LogP contribution in [-0.2, 0) is 9.53 Å². The molecule has 0 radical (unpaired) electrons. The van der Waals surface area contributed by atoms with Gasteiger partial charge in [0.05, 0.1) is 19.8 Å². The molecule has 0 aromatic rings. The number of carbonyl (C=O) groups is 1. The Morgan fingerprint density at radius 2 is 2.36 bits per heavy atom. The number of hydrogen-bond donors (Lipinski definition) is 1. The maximum Gasteiger partial charge on any atom is 0.237 e. The van der Waals surface area contributed by atoms with Crippen molar-refractivity contribution in [1.82, 2.24) is 15.1 Å². The summed E-state index contributed by atoms with van der Waals surface area (Å²) >= 11 is 0. The van der Waals surface area contributed by atoms with Crippen molar-refractivity contribution in [3.8, 4) is 0 Å². The second-order valence-corrected chi connectivity index (χ2v) is 3.54. The predicted molar refractivity (Wildman–Crippen MR) is 54.0 cm³/mol. The van der Waals surface area contributed by atoms with E-state index in [1.165, 1.54) is 0 Å². The number of nitrogens with zero attached hydrogens (tertiary/aromatic N) is 2. The third kappa shape index (κ3) is 3.61. The van der Waals surface area contributed by atoms with Crippen LogP contribution < -0.4 is 5.32 Å². The highest BCUT2D eigenvalue weighted by molar-refractivity contribution is 5.79. The molecule has 0 atom stereocenters. The fourth-order valence-electron chi connectivity index (χ4n) is 1.35. The first kappa shape index (κ1) is 11.4. The molecule has 14 heavy (non-hydrogen) atoms. The molecule has 1 heterocycles. The van der Waals surface area contributed by atoms with Crippen molar-refractivity contribution >= 4 is 5.91 Å². The molecule has 1 N–H and O–H groups in total. The summed E-state index contributed by atoms with van der Waals surface area (Å²) in [6, 6.07) is 0. The fourth-order valence-corrected chi connectivity index (χ4v) is 1.35. The molecule has 5 heteroatoms. The Hall–Kier alpha value is -0.650. The summed E-state index contributed by atoms with van der Waals surface area (Å²) in [5, 5.41) is 3.02. The van der Waals surface area contributed by atoms with Gasteiger partial charge in [-0.15, -0.1) is 0 Å². The molecular formula is C9H19N3O2. The van der Waals surface area contributed by atoms with Gasteiger partial charge in [0.2, 0.25) is 5.91 Å². The summed E-state index contributed by atoms with van der Waals surface area (Å²) in [6.45, 7) is 4.52. The van der Waals surface area contributed by atoms with Crippen LogP contribution in [0.1, 0.15) is 0 Å². The van der Waals surface area contributed by atoms with E-state index in [2.05, 4.69) is 10.2 Å². The maximum absolute atomic E-state index is 11.2. The van der Waals surface area contributed by atoms with Gasteiger partial charge in [0.25, 0.3) is 0 Å². The van der Waals surface area contributed by atoms with Crippen molar-refractivity contribution < 1.29 is 9.53 Å². The van der Waals surface area contributed by atoms with Crippen molar-refractivity contribution in [3.05, 3.63) is 0 Å². The van der Waals surface area contributed by atoms with E-state index >= 15 is 0 Å². The molecule has 0 saturated carbocycles. The molecule has 0 spiro atoms. The van der Waals surface area contributed by atoms with E-state index in [-0.39, 0.29) is 5.91 Å². The van der Waals surface area contributed by atoms with Gasteiger partial charge in [-0.25, -0.2) is 0 Å². The molecule has 0 aliphatic carbocycles. The Morgan fingerprint density at radius 1 is 1.57 bits per heavy atom. The number of nitrogens with one attached hydrogen (secondary N) is 1. The lowest BCUT2D eigenvalue weighted by atomic mass is 10.4. The zero-order valence-corrected chi connectivity index (χ0v) is 8.95. The van der Waals surface area contributed by atoms with Gasteiger partial charge in [-0.1, -0.05) is 0 Å². The second-order valence-electron chi connectivity index (χ2n) is 3.54. The molecule has 1 saturated heterocycles. The zero-order valence-electron chi connectivity index (χ0n) is 8.95. The van der Waals surface area contributed by atoms with Crippen molar-refractivity contribution in [3.63, 3.8) is 0 Å². The van der Waals surface area contributed by atoms with Crippen molar-refractivity contribution in [2.75, 3.05) is 53.6 Å². The molecule has 1 rings (SSSR count). The fraction of sp³-hybridized carbons (Fsp3) is 0.889. The minimum absolute atomic E-state index is 0.199. The van der Waals surface area contributed by atoms with E-state index in [4.69, 9.17) is 4.74 Å². The van der Waals surface area contributed by atoms with Gasteiger partial charge in [-0.2, -0.15) is 0 Å². The third-order valence-corrected chi connectivity index (χ3v) is 2.36. The average molecular weight is 201 g/mol. The minimum Gasteiger partial charge on any atom is -0.383 e. The first-order valence-corrected chi connectivity index (χ1v) is 4.90. The van der Waals surface area contributed by atoms with Crippen LogP contribution in [0.5, 0.6) is 0 Å². The molecule has 0 aromatic carbocycles. The summed E-state index contributed by atoms with van der Waals surface area (Å²) in [5.41, 5.74) is 0. The second kappa shape index (κ2) is 5.95. The number of carbonyl (C=O) groups excluding carboxylic acids is 1. The van der Waals surface area contributed by atoms with E-state index in [0.29, 0.717) is 13.2 Å². The molecule has 1 fully saturated rings. The van der Waals surface area contributed by atoms with Gasteiger partial charge in [0, 0.05) is 26.7 Å². The number of amides is 1. The standard InChI is InChI=1S/C9H19N3O2/c1-11(5-6-14-2)3-4-12-8-10-7-9(12)13/h10H,3-8H2,1-2H3. The van der Waals surface area contributed by atoms with Gasteiger partial charge >= 0.3 is 0 Å². The lowest BCUT2D eigenvalue weighted by Gasteiger charge is -2.20. The molecule has 1 amide bonds.